The number of amides is 1. The van der Waals surface area contributed by atoms with Gasteiger partial charge in [-0.2, -0.15) is 4.31 Å². The predicted octanol–water partition coefficient (Wildman–Crippen LogP) is 1.68. The van der Waals surface area contributed by atoms with E-state index in [2.05, 4.69) is 5.32 Å². The van der Waals surface area contributed by atoms with Crippen molar-refractivity contribution in [3.8, 4) is 11.5 Å². The number of carboxylic acid groups (broad SMARTS) is 1. The van der Waals surface area contributed by atoms with Gasteiger partial charge in [0.05, 0.1) is 43.6 Å². The van der Waals surface area contributed by atoms with Crippen LogP contribution in [-0.2, 0) is 14.8 Å². The van der Waals surface area contributed by atoms with Gasteiger partial charge in [-0.05, 0) is 18.2 Å². The number of hydrogen-bond acceptors (Lipinski definition) is 7. The second-order valence-corrected chi connectivity index (χ2v) is 8.49. The zero-order valence-electron chi connectivity index (χ0n) is 17.0. The second-order valence-electron chi connectivity index (χ2n) is 6.56. The Morgan fingerprint density at radius 2 is 1.71 bits per heavy atom. The number of benzene rings is 2. The summed E-state index contributed by atoms with van der Waals surface area (Å²) in [5.41, 5.74) is -0.167. The molecule has 0 unspecified atom stereocenters. The number of carbonyl (C=O) groups excluding carboxylic acids is 1. The van der Waals surface area contributed by atoms with Gasteiger partial charge in [-0.25, -0.2) is 13.2 Å². The highest BCUT2D eigenvalue weighted by Gasteiger charge is 2.27. The van der Waals surface area contributed by atoms with Gasteiger partial charge >= 0.3 is 5.97 Å². The van der Waals surface area contributed by atoms with Crippen LogP contribution in [0.15, 0.2) is 41.3 Å². The highest BCUT2D eigenvalue weighted by molar-refractivity contribution is 7.89. The molecule has 1 saturated heterocycles. The van der Waals surface area contributed by atoms with Crippen LogP contribution in [-0.4, -0.2) is 70.2 Å². The third-order valence-electron chi connectivity index (χ3n) is 4.71. The zero-order chi connectivity index (χ0) is 22.6. The van der Waals surface area contributed by atoms with Crippen molar-refractivity contribution in [1.29, 1.82) is 0 Å². The number of sulfonamides is 1. The summed E-state index contributed by atoms with van der Waals surface area (Å²) >= 11 is 0. The van der Waals surface area contributed by atoms with Gasteiger partial charge < -0.3 is 24.6 Å². The van der Waals surface area contributed by atoms with Gasteiger partial charge in [-0.3, -0.25) is 4.79 Å². The van der Waals surface area contributed by atoms with E-state index in [1.54, 1.807) is 0 Å². The number of hydrogen-bond donors (Lipinski definition) is 2. The lowest BCUT2D eigenvalue weighted by Gasteiger charge is -2.26. The summed E-state index contributed by atoms with van der Waals surface area (Å²) in [6.07, 6.45) is 0. The Bertz CT molecular complexity index is 1090. The van der Waals surface area contributed by atoms with E-state index < -0.39 is 21.9 Å². The standard InChI is InChI=1S/C20H22N2O8S/c1-28-17-11-15(20(24)25)16(12-18(17)29-2)21-19(23)13-4-3-5-14(10-13)31(26,27)22-6-8-30-9-7-22/h3-5,10-12H,6-9H2,1-2H3,(H,21,23)(H,24,25). The third kappa shape index (κ3) is 4.79. The van der Waals surface area contributed by atoms with Crippen molar-refractivity contribution in [1.82, 2.24) is 4.31 Å². The number of carbonyl (C=O) groups is 2. The van der Waals surface area contributed by atoms with Crippen molar-refractivity contribution in [3.63, 3.8) is 0 Å². The summed E-state index contributed by atoms with van der Waals surface area (Å²) in [5.74, 6) is -1.53. The minimum atomic E-state index is -3.79. The molecule has 0 radical (unpaired) electrons. The normalized spacial score (nSPS) is 14.6. The van der Waals surface area contributed by atoms with Crippen LogP contribution in [0, 0.1) is 0 Å². The molecule has 166 valence electrons. The summed E-state index contributed by atoms with van der Waals surface area (Å²) in [4.78, 5) is 24.4. The van der Waals surface area contributed by atoms with Gasteiger partial charge in [-0.15, -0.1) is 0 Å². The topological polar surface area (TPSA) is 131 Å². The van der Waals surface area contributed by atoms with Crippen LogP contribution in [0.2, 0.25) is 0 Å². The van der Waals surface area contributed by atoms with Crippen molar-refractivity contribution < 1.29 is 37.3 Å². The number of carboxylic acids is 1. The van der Waals surface area contributed by atoms with Gasteiger partial charge in [0.25, 0.3) is 5.91 Å². The first-order valence-corrected chi connectivity index (χ1v) is 10.7. The molecule has 1 aliphatic heterocycles. The number of methoxy groups -OCH3 is 2. The fourth-order valence-electron chi connectivity index (χ4n) is 3.09. The van der Waals surface area contributed by atoms with Crippen molar-refractivity contribution in [2.24, 2.45) is 0 Å². The van der Waals surface area contributed by atoms with Crippen molar-refractivity contribution in [2.75, 3.05) is 45.8 Å². The van der Waals surface area contributed by atoms with E-state index in [-0.39, 0.29) is 46.3 Å². The molecule has 2 aromatic rings. The monoisotopic (exact) mass is 450 g/mol. The summed E-state index contributed by atoms with van der Waals surface area (Å²) < 4.78 is 42.4. The fraction of sp³-hybridized carbons (Fsp3) is 0.300. The number of ether oxygens (including phenoxy) is 3. The third-order valence-corrected chi connectivity index (χ3v) is 6.60. The first-order chi connectivity index (χ1) is 14.8. The van der Waals surface area contributed by atoms with Crippen LogP contribution < -0.4 is 14.8 Å². The summed E-state index contributed by atoms with van der Waals surface area (Å²) in [7, 11) is -1.05. The molecular formula is C20H22N2O8S. The second kappa shape index (κ2) is 9.33. The molecule has 2 N–H and O–H groups in total. The minimum Gasteiger partial charge on any atom is -0.493 e. The summed E-state index contributed by atoms with van der Waals surface area (Å²) in [6.45, 7) is 1.06. The lowest BCUT2D eigenvalue weighted by atomic mass is 10.1. The lowest BCUT2D eigenvalue weighted by molar-refractivity contribution is 0.0697. The molecule has 0 spiro atoms. The summed E-state index contributed by atoms with van der Waals surface area (Å²) in [6, 6.07) is 8.11. The van der Waals surface area contributed by atoms with Crippen LogP contribution in [0.1, 0.15) is 20.7 Å². The zero-order valence-corrected chi connectivity index (χ0v) is 17.8. The molecule has 0 aromatic heterocycles. The molecule has 31 heavy (non-hydrogen) atoms. The minimum absolute atomic E-state index is 0.0170. The smallest absolute Gasteiger partial charge is 0.337 e. The van der Waals surface area contributed by atoms with Crippen LogP contribution in [0.5, 0.6) is 11.5 Å². The molecule has 0 saturated carbocycles. The molecule has 1 aliphatic rings. The molecule has 0 aliphatic carbocycles. The van der Waals surface area contributed by atoms with Gasteiger partial charge in [-0.1, -0.05) is 6.07 Å². The van der Waals surface area contributed by atoms with Crippen LogP contribution in [0.25, 0.3) is 0 Å². The van der Waals surface area contributed by atoms with Crippen molar-refractivity contribution >= 4 is 27.6 Å². The number of aromatic carboxylic acids is 1. The van der Waals surface area contributed by atoms with E-state index in [1.165, 1.54) is 54.9 Å². The van der Waals surface area contributed by atoms with Crippen molar-refractivity contribution in [2.45, 2.75) is 4.90 Å². The lowest BCUT2D eigenvalue weighted by Crippen LogP contribution is -2.40. The number of morpholine rings is 1. The average molecular weight is 450 g/mol. The number of nitrogens with zero attached hydrogens (tertiary/aromatic N) is 1. The van der Waals surface area contributed by atoms with E-state index in [9.17, 15) is 23.1 Å². The summed E-state index contributed by atoms with van der Waals surface area (Å²) in [5, 5.41) is 12.0. The molecule has 0 bridgehead atoms. The van der Waals surface area contributed by atoms with Gasteiger partial charge in [0.1, 0.15) is 0 Å². The Labute approximate surface area is 179 Å². The average Bonchev–Trinajstić information content (AvgIpc) is 2.79. The Kier molecular flexibility index (Phi) is 6.78. The van der Waals surface area contributed by atoms with E-state index in [1.807, 2.05) is 0 Å². The Balaban J connectivity index is 1.91. The molecular weight excluding hydrogens is 428 g/mol. The highest BCUT2D eigenvalue weighted by atomic mass is 32.2. The van der Waals surface area contributed by atoms with Crippen LogP contribution in [0.4, 0.5) is 5.69 Å². The van der Waals surface area contributed by atoms with E-state index >= 15 is 0 Å². The maximum Gasteiger partial charge on any atom is 0.337 e. The number of rotatable bonds is 7. The molecule has 10 nitrogen and oxygen atoms in total. The van der Waals surface area contributed by atoms with Gasteiger partial charge in [0.2, 0.25) is 10.0 Å². The van der Waals surface area contributed by atoms with Gasteiger partial charge in [0, 0.05) is 30.8 Å². The Morgan fingerprint density at radius 1 is 1.06 bits per heavy atom. The Morgan fingerprint density at radius 3 is 2.32 bits per heavy atom. The van der Waals surface area contributed by atoms with E-state index in [0.717, 1.165) is 0 Å². The molecule has 1 amide bonds. The van der Waals surface area contributed by atoms with Gasteiger partial charge in [0.15, 0.2) is 11.5 Å². The van der Waals surface area contributed by atoms with E-state index in [0.29, 0.717) is 13.2 Å². The quantitative estimate of drug-likeness (QED) is 0.651. The molecule has 11 heteroatoms. The SMILES string of the molecule is COc1cc(NC(=O)c2cccc(S(=O)(=O)N3CCOCC3)c2)c(C(=O)O)cc1OC. The highest BCUT2D eigenvalue weighted by Crippen LogP contribution is 2.33. The largest absolute Gasteiger partial charge is 0.493 e. The van der Waals surface area contributed by atoms with Crippen LogP contribution in [0.3, 0.4) is 0 Å². The first kappa shape index (κ1) is 22.5. The number of nitrogens with one attached hydrogen (secondary N) is 1. The molecule has 2 aromatic carbocycles. The first-order valence-electron chi connectivity index (χ1n) is 9.26. The van der Waals surface area contributed by atoms with Crippen LogP contribution >= 0.6 is 0 Å². The Hall–Kier alpha value is -3.15. The molecule has 3 rings (SSSR count). The maximum atomic E-state index is 12.8. The number of anilines is 1. The molecule has 1 heterocycles. The van der Waals surface area contributed by atoms with Crippen molar-refractivity contribution in [3.05, 3.63) is 47.5 Å². The van der Waals surface area contributed by atoms with E-state index in [4.69, 9.17) is 14.2 Å². The predicted molar refractivity (Wildman–Crippen MR) is 110 cm³/mol. The molecule has 1 fully saturated rings. The fourth-order valence-corrected chi connectivity index (χ4v) is 4.54. The molecule has 0 atom stereocenters. The maximum absolute atomic E-state index is 12.8.